The van der Waals surface area contributed by atoms with E-state index in [0.717, 1.165) is 23.5 Å². The number of likely N-dealkylation sites (tertiary alicyclic amines) is 1. The summed E-state index contributed by atoms with van der Waals surface area (Å²) in [7, 11) is 0. The average molecular weight is 398 g/mol. The van der Waals surface area contributed by atoms with Gasteiger partial charge in [-0.3, -0.25) is 14.4 Å². The van der Waals surface area contributed by atoms with Crippen LogP contribution in [-0.2, 0) is 9.59 Å². The Morgan fingerprint density at radius 2 is 1.89 bits per heavy atom. The molecule has 0 bridgehead atoms. The molecule has 2 aromatic rings. The van der Waals surface area contributed by atoms with E-state index in [2.05, 4.69) is 5.32 Å². The molecule has 0 atom stereocenters. The van der Waals surface area contributed by atoms with Crippen molar-refractivity contribution in [2.75, 3.05) is 29.9 Å². The molecular weight excluding hydrogens is 374 g/mol. The third kappa shape index (κ3) is 3.94. The molecule has 0 radical (unpaired) electrons. The Bertz CT molecular complexity index is 873. The van der Waals surface area contributed by atoms with E-state index in [1.807, 2.05) is 46.7 Å². The first-order valence-corrected chi connectivity index (χ1v) is 10.5. The fourth-order valence-corrected chi connectivity index (χ4v) is 4.51. The molecular formula is C21H23N3O3S. The molecule has 3 amide bonds. The Balaban J connectivity index is 1.34. The van der Waals surface area contributed by atoms with Crippen LogP contribution in [0.2, 0.25) is 0 Å². The number of hydrogen-bond acceptors (Lipinski definition) is 4. The number of nitrogens with zero attached hydrogens (tertiary/aromatic N) is 2. The van der Waals surface area contributed by atoms with Gasteiger partial charge in [-0.2, -0.15) is 0 Å². The highest BCUT2D eigenvalue weighted by Crippen LogP contribution is 2.26. The minimum atomic E-state index is -0.107. The highest BCUT2D eigenvalue weighted by atomic mass is 32.1. The fraction of sp³-hybridized carbons (Fsp3) is 0.381. The minimum Gasteiger partial charge on any atom is -0.338 e. The zero-order valence-corrected chi connectivity index (χ0v) is 16.4. The van der Waals surface area contributed by atoms with Crippen molar-refractivity contribution in [2.24, 2.45) is 5.92 Å². The van der Waals surface area contributed by atoms with Gasteiger partial charge in [-0.05, 0) is 48.9 Å². The highest BCUT2D eigenvalue weighted by molar-refractivity contribution is 7.12. The highest BCUT2D eigenvalue weighted by Gasteiger charge is 2.28. The molecule has 1 aromatic heterocycles. The molecule has 4 rings (SSSR count). The maximum Gasteiger partial charge on any atom is 0.263 e. The predicted molar refractivity (Wildman–Crippen MR) is 110 cm³/mol. The molecule has 7 heteroatoms. The monoisotopic (exact) mass is 397 g/mol. The molecule has 2 aliphatic rings. The summed E-state index contributed by atoms with van der Waals surface area (Å²) < 4.78 is 0. The summed E-state index contributed by atoms with van der Waals surface area (Å²) in [5, 5.41) is 4.88. The molecule has 28 heavy (non-hydrogen) atoms. The van der Waals surface area contributed by atoms with Gasteiger partial charge in [0.25, 0.3) is 5.91 Å². The minimum absolute atomic E-state index is 0.0203. The van der Waals surface area contributed by atoms with Crippen LogP contribution in [0.4, 0.5) is 11.4 Å². The Morgan fingerprint density at radius 3 is 2.57 bits per heavy atom. The summed E-state index contributed by atoms with van der Waals surface area (Å²) in [5.41, 5.74) is 1.54. The van der Waals surface area contributed by atoms with Crippen LogP contribution in [0, 0.1) is 5.92 Å². The molecule has 2 fully saturated rings. The number of benzene rings is 1. The van der Waals surface area contributed by atoms with Gasteiger partial charge in [-0.25, -0.2) is 0 Å². The van der Waals surface area contributed by atoms with Crippen molar-refractivity contribution >= 4 is 40.4 Å². The molecule has 1 N–H and O–H groups in total. The largest absolute Gasteiger partial charge is 0.338 e. The Kier molecular flexibility index (Phi) is 5.43. The zero-order valence-electron chi connectivity index (χ0n) is 15.6. The number of amides is 3. The molecule has 0 saturated carbocycles. The van der Waals surface area contributed by atoms with E-state index in [-0.39, 0.29) is 23.6 Å². The third-order valence-electron chi connectivity index (χ3n) is 5.38. The number of hydrogen-bond donors (Lipinski definition) is 1. The fourth-order valence-electron chi connectivity index (χ4n) is 3.82. The van der Waals surface area contributed by atoms with Gasteiger partial charge < -0.3 is 15.1 Å². The second-order valence-electron chi connectivity index (χ2n) is 7.23. The van der Waals surface area contributed by atoms with Crippen LogP contribution in [0.3, 0.4) is 0 Å². The van der Waals surface area contributed by atoms with Crippen LogP contribution < -0.4 is 10.2 Å². The molecule has 0 unspecified atom stereocenters. The molecule has 146 valence electrons. The van der Waals surface area contributed by atoms with Crippen molar-refractivity contribution in [3.8, 4) is 0 Å². The van der Waals surface area contributed by atoms with Gasteiger partial charge in [0.1, 0.15) is 0 Å². The van der Waals surface area contributed by atoms with Crippen molar-refractivity contribution in [1.29, 1.82) is 0 Å². The number of anilines is 2. The maximum atomic E-state index is 12.7. The summed E-state index contributed by atoms with van der Waals surface area (Å²) in [6.07, 6.45) is 2.78. The molecule has 0 spiro atoms. The standard InChI is InChI=1S/C21H23N3O3S/c25-19-7-2-10-24(19)17-5-1-4-16(14-17)22-20(26)15-8-11-23(12-9-15)21(27)18-6-3-13-28-18/h1,3-6,13-15H,2,7-12H2,(H,22,26). The maximum absolute atomic E-state index is 12.7. The van der Waals surface area contributed by atoms with E-state index in [0.29, 0.717) is 38.0 Å². The summed E-state index contributed by atoms with van der Waals surface area (Å²) in [5.74, 6) is 0.0562. The topological polar surface area (TPSA) is 69.7 Å². The Hall–Kier alpha value is -2.67. The van der Waals surface area contributed by atoms with Crippen LogP contribution in [0.1, 0.15) is 35.4 Å². The van der Waals surface area contributed by atoms with Gasteiger partial charge in [0.15, 0.2) is 0 Å². The SMILES string of the molecule is O=C(Nc1cccc(N2CCCC2=O)c1)C1CCN(C(=O)c2cccs2)CC1. The average Bonchev–Trinajstić information content (AvgIpc) is 3.39. The van der Waals surface area contributed by atoms with E-state index >= 15 is 0 Å². The number of carbonyl (C=O) groups excluding carboxylic acids is 3. The Labute approximate surface area is 168 Å². The second-order valence-corrected chi connectivity index (χ2v) is 8.18. The number of thiophene rings is 1. The molecule has 2 saturated heterocycles. The predicted octanol–water partition coefficient (Wildman–Crippen LogP) is 3.37. The van der Waals surface area contributed by atoms with Gasteiger partial charge in [0, 0.05) is 43.3 Å². The lowest BCUT2D eigenvalue weighted by Gasteiger charge is -2.31. The van der Waals surface area contributed by atoms with Crippen molar-refractivity contribution in [1.82, 2.24) is 4.90 Å². The van der Waals surface area contributed by atoms with Crippen LogP contribution in [0.5, 0.6) is 0 Å². The second kappa shape index (κ2) is 8.14. The summed E-state index contributed by atoms with van der Waals surface area (Å²) >= 11 is 1.45. The van der Waals surface area contributed by atoms with Crippen molar-refractivity contribution in [3.63, 3.8) is 0 Å². The van der Waals surface area contributed by atoms with Crippen molar-refractivity contribution in [2.45, 2.75) is 25.7 Å². The molecule has 0 aliphatic carbocycles. The molecule has 3 heterocycles. The molecule has 6 nitrogen and oxygen atoms in total. The molecule has 2 aliphatic heterocycles. The number of rotatable bonds is 4. The lowest BCUT2D eigenvalue weighted by molar-refractivity contribution is -0.121. The van der Waals surface area contributed by atoms with Crippen molar-refractivity contribution < 1.29 is 14.4 Å². The third-order valence-corrected chi connectivity index (χ3v) is 6.24. The van der Waals surface area contributed by atoms with Gasteiger partial charge >= 0.3 is 0 Å². The summed E-state index contributed by atoms with van der Waals surface area (Å²) in [6, 6.07) is 11.2. The van der Waals surface area contributed by atoms with Gasteiger partial charge in [-0.1, -0.05) is 12.1 Å². The number of piperidine rings is 1. The summed E-state index contributed by atoms with van der Waals surface area (Å²) in [6.45, 7) is 1.92. The van der Waals surface area contributed by atoms with E-state index < -0.39 is 0 Å². The van der Waals surface area contributed by atoms with Crippen LogP contribution in [-0.4, -0.2) is 42.3 Å². The molecule has 1 aromatic carbocycles. The van der Waals surface area contributed by atoms with E-state index in [1.165, 1.54) is 11.3 Å². The normalized spacial score (nSPS) is 17.8. The number of carbonyl (C=O) groups is 3. The quantitative estimate of drug-likeness (QED) is 0.860. The van der Waals surface area contributed by atoms with E-state index in [4.69, 9.17) is 0 Å². The smallest absolute Gasteiger partial charge is 0.263 e. The van der Waals surface area contributed by atoms with Crippen LogP contribution in [0.25, 0.3) is 0 Å². The van der Waals surface area contributed by atoms with Gasteiger partial charge in [-0.15, -0.1) is 11.3 Å². The first-order chi connectivity index (χ1) is 13.6. The lowest BCUT2D eigenvalue weighted by atomic mass is 9.95. The Morgan fingerprint density at radius 1 is 1.07 bits per heavy atom. The van der Waals surface area contributed by atoms with Gasteiger partial charge in [0.05, 0.1) is 4.88 Å². The van der Waals surface area contributed by atoms with Gasteiger partial charge in [0.2, 0.25) is 11.8 Å². The summed E-state index contributed by atoms with van der Waals surface area (Å²) in [4.78, 5) is 41.4. The van der Waals surface area contributed by atoms with Crippen LogP contribution >= 0.6 is 11.3 Å². The number of nitrogens with one attached hydrogen (secondary N) is 1. The van der Waals surface area contributed by atoms with Crippen molar-refractivity contribution in [3.05, 3.63) is 46.7 Å². The van der Waals surface area contributed by atoms with Crippen LogP contribution in [0.15, 0.2) is 41.8 Å². The first kappa shape index (κ1) is 18.7. The zero-order chi connectivity index (χ0) is 19.5. The first-order valence-electron chi connectivity index (χ1n) is 9.66. The van der Waals surface area contributed by atoms with E-state index in [9.17, 15) is 14.4 Å². The lowest BCUT2D eigenvalue weighted by Crippen LogP contribution is -2.41. The van der Waals surface area contributed by atoms with E-state index in [1.54, 1.807) is 4.90 Å².